The topological polar surface area (TPSA) is 29.9 Å². The van der Waals surface area contributed by atoms with Crippen molar-refractivity contribution in [3.05, 3.63) is 48.5 Å². The van der Waals surface area contributed by atoms with Crippen LogP contribution in [0.4, 0.5) is 0 Å². The first-order chi connectivity index (χ1) is 9.88. The van der Waals surface area contributed by atoms with Crippen molar-refractivity contribution in [3.8, 4) is 5.69 Å². The van der Waals surface area contributed by atoms with Crippen molar-refractivity contribution >= 4 is 11.8 Å². The highest BCUT2D eigenvalue weighted by molar-refractivity contribution is 8.00. The van der Waals surface area contributed by atoms with Gasteiger partial charge < -0.3 is 9.88 Å². The third kappa shape index (κ3) is 2.91. The van der Waals surface area contributed by atoms with Crippen LogP contribution in [-0.2, 0) is 6.54 Å². The van der Waals surface area contributed by atoms with Gasteiger partial charge in [0.25, 0.3) is 0 Å². The van der Waals surface area contributed by atoms with E-state index in [9.17, 15) is 0 Å². The molecule has 3 rings (SSSR count). The van der Waals surface area contributed by atoms with Gasteiger partial charge in [-0.05, 0) is 35.5 Å². The van der Waals surface area contributed by atoms with Gasteiger partial charge in [-0.3, -0.25) is 0 Å². The van der Waals surface area contributed by atoms with Crippen LogP contribution >= 0.6 is 11.8 Å². The van der Waals surface area contributed by atoms with E-state index in [0.717, 1.165) is 12.5 Å². The highest BCUT2D eigenvalue weighted by atomic mass is 32.2. The molecule has 2 heterocycles. The minimum Gasteiger partial charge on any atom is -0.310 e. The van der Waals surface area contributed by atoms with E-state index in [1.165, 1.54) is 29.2 Å². The molecule has 1 aromatic heterocycles. The fourth-order valence-electron chi connectivity index (χ4n) is 2.69. The fourth-order valence-corrected chi connectivity index (χ4v) is 3.66. The van der Waals surface area contributed by atoms with Crippen LogP contribution in [0.5, 0.6) is 0 Å². The van der Waals surface area contributed by atoms with Gasteiger partial charge >= 0.3 is 0 Å². The minimum atomic E-state index is 0.645. The van der Waals surface area contributed by atoms with Gasteiger partial charge in [-0.25, -0.2) is 4.98 Å². The lowest BCUT2D eigenvalue weighted by Gasteiger charge is -2.33. The van der Waals surface area contributed by atoms with Crippen molar-refractivity contribution in [2.45, 2.75) is 25.9 Å². The van der Waals surface area contributed by atoms with E-state index in [1.807, 2.05) is 18.7 Å². The number of imidazole rings is 1. The van der Waals surface area contributed by atoms with Crippen LogP contribution in [0.3, 0.4) is 0 Å². The molecule has 2 aromatic rings. The molecule has 20 heavy (non-hydrogen) atoms. The van der Waals surface area contributed by atoms with E-state index in [4.69, 9.17) is 0 Å². The molecule has 1 saturated heterocycles. The van der Waals surface area contributed by atoms with E-state index in [-0.39, 0.29) is 0 Å². The Bertz CT molecular complexity index is 534. The molecule has 1 aliphatic heterocycles. The highest BCUT2D eigenvalue weighted by Crippen LogP contribution is 2.29. The van der Waals surface area contributed by atoms with Gasteiger partial charge in [0, 0.05) is 25.0 Å². The molecule has 0 radical (unpaired) electrons. The zero-order valence-electron chi connectivity index (χ0n) is 11.8. The Kier molecular flexibility index (Phi) is 4.43. The molecule has 0 aliphatic carbocycles. The summed E-state index contributed by atoms with van der Waals surface area (Å²) in [4.78, 5) is 4.14. The van der Waals surface area contributed by atoms with Gasteiger partial charge in [-0.2, -0.15) is 11.8 Å². The van der Waals surface area contributed by atoms with Crippen LogP contribution in [0.15, 0.2) is 43.0 Å². The smallest absolute Gasteiger partial charge is 0.0991 e. The molecule has 3 nitrogen and oxygen atoms in total. The van der Waals surface area contributed by atoms with Crippen molar-refractivity contribution in [1.29, 1.82) is 0 Å². The van der Waals surface area contributed by atoms with Gasteiger partial charge in [-0.15, -0.1) is 0 Å². The number of benzene rings is 1. The highest BCUT2D eigenvalue weighted by Gasteiger charge is 2.26. The lowest BCUT2D eigenvalue weighted by Crippen LogP contribution is -2.41. The van der Waals surface area contributed by atoms with Crippen LogP contribution in [0.25, 0.3) is 5.69 Å². The summed E-state index contributed by atoms with van der Waals surface area (Å²) in [5.41, 5.74) is 2.55. The third-order valence-corrected chi connectivity index (χ3v) is 5.33. The Morgan fingerprint density at radius 1 is 1.40 bits per heavy atom. The van der Waals surface area contributed by atoms with Crippen molar-refractivity contribution < 1.29 is 0 Å². The maximum absolute atomic E-state index is 4.14. The maximum atomic E-state index is 4.14. The lowest BCUT2D eigenvalue weighted by molar-refractivity contribution is 0.384. The normalized spacial score (nSPS) is 16.9. The first-order valence-corrected chi connectivity index (χ1v) is 8.41. The second-order valence-electron chi connectivity index (χ2n) is 5.29. The summed E-state index contributed by atoms with van der Waals surface area (Å²) in [7, 11) is 0. The number of rotatable bonds is 6. The molecule has 106 valence electrons. The number of thioether (sulfide) groups is 1. The molecule has 1 aliphatic rings. The predicted octanol–water partition coefficient (Wildman–Crippen LogP) is 3.10. The summed E-state index contributed by atoms with van der Waals surface area (Å²) < 4.78 is 2.08. The van der Waals surface area contributed by atoms with Gasteiger partial charge in [0.05, 0.1) is 12.0 Å². The molecule has 0 amide bonds. The minimum absolute atomic E-state index is 0.645. The largest absolute Gasteiger partial charge is 0.310 e. The average molecular weight is 287 g/mol. The van der Waals surface area contributed by atoms with Crippen LogP contribution in [-0.4, -0.2) is 27.1 Å². The van der Waals surface area contributed by atoms with E-state index in [1.54, 1.807) is 0 Å². The summed E-state index contributed by atoms with van der Waals surface area (Å²) >= 11 is 2.06. The summed E-state index contributed by atoms with van der Waals surface area (Å²) in [6, 6.07) is 9.19. The number of hydrogen-bond acceptors (Lipinski definition) is 3. The van der Waals surface area contributed by atoms with E-state index in [2.05, 4.69) is 57.8 Å². The van der Waals surface area contributed by atoms with Crippen LogP contribution in [0.1, 0.15) is 18.9 Å². The Hall–Kier alpha value is -1.26. The van der Waals surface area contributed by atoms with Crippen molar-refractivity contribution in [1.82, 2.24) is 14.9 Å². The molecule has 1 fully saturated rings. The standard InChI is InChI=1S/C16H21N3S/c1-2-15(14-10-20-11-14)18-9-13-5-3-4-6-16(13)19-8-7-17-12-19/h3-8,12,14-15,18H,2,9-11H2,1H3. The first-order valence-electron chi connectivity index (χ1n) is 7.26. The summed E-state index contributed by atoms with van der Waals surface area (Å²) in [5, 5.41) is 3.74. The zero-order valence-corrected chi connectivity index (χ0v) is 12.6. The molecule has 1 unspecified atom stereocenters. The van der Waals surface area contributed by atoms with Crippen LogP contribution in [0.2, 0.25) is 0 Å². The van der Waals surface area contributed by atoms with Gasteiger partial charge in [0.15, 0.2) is 0 Å². The van der Waals surface area contributed by atoms with Crippen molar-refractivity contribution in [2.24, 2.45) is 5.92 Å². The molecule has 4 heteroatoms. The number of nitrogens with one attached hydrogen (secondary N) is 1. The SMILES string of the molecule is CCC(NCc1ccccc1-n1ccnc1)C1CSC1. The number of para-hydroxylation sites is 1. The van der Waals surface area contributed by atoms with Crippen molar-refractivity contribution in [3.63, 3.8) is 0 Å². The van der Waals surface area contributed by atoms with Crippen LogP contribution in [0, 0.1) is 5.92 Å². The quantitative estimate of drug-likeness (QED) is 0.885. The van der Waals surface area contributed by atoms with Gasteiger partial charge in [-0.1, -0.05) is 25.1 Å². The molecule has 1 aromatic carbocycles. The Morgan fingerprint density at radius 3 is 2.90 bits per heavy atom. The average Bonchev–Trinajstić information content (AvgIpc) is 2.95. The summed E-state index contributed by atoms with van der Waals surface area (Å²) in [6.07, 6.45) is 6.89. The third-order valence-electron chi connectivity index (χ3n) is 4.00. The fraction of sp³-hybridized carbons (Fsp3) is 0.438. The zero-order chi connectivity index (χ0) is 13.8. The first kappa shape index (κ1) is 13.7. The number of aromatic nitrogens is 2. The lowest BCUT2D eigenvalue weighted by atomic mass is 10.00. The second kappa shape index (κ2) is 6.46. The number of nitrogens with zero attached hydrogens (tertiary/aromatic N) is 2. The molecule has 0 bridgehead atoms. The number of hydrogen-bond donors (Lipinski definition) is 1. The Balaban J connectivity index is 1.71. The van der Waals surface area contributed by atoms with E-state index < -0.39 is 0 Å². The molecular weight excluding hydrogens is 266 g/mol. The van der Waals surface area contributed by atoms with Gasteiger partial charge in [0.1, 0.15) is 0 Å². The summed E-state index contributed by atoms with van der Waals surface area (Å²) in [5.74, 6) is 3.48. The molecule has 0 spiro atoms. The molecule has 1 atom stereocenters. The summed E-state index contributed by atoms with van der Waals surface area (Å²) in [6.45, 7) is 3.20. The van der Waals surface area contributed by atoms with E-state index >= 15 is 0 Å². The Labute approximate surface area is 124 Å². The second-order valence-corrected chi connectivity index (χ2v) is 6.37. The molecule has 0 saturated carbocycles. The molecule has 1 N–H and O–H groups in total. The van der Waals surface area contributed by atoms with Crippen LogP contribution < -0.4 is 5.32 Å². The molecular formula is C16H21N3S. The monoisotopic (exact) mass is 287 g/mol. The maximum Gasteiger partial charge on any atom is 0.0991 e. The van der Waals surface area contributed by atoms with Crippen molar-refractivity contribution in [2.75, 3.05) is 11.5 Å². The predicted molar refractivity (Wildman–Crippen MR) is 85.3 cm³/mol. The van der Waals surface area contributed by atoms with Gasteiger partial charge in [0.2, 0.25) is 0 Å². The van der Waals surface area contributed by atoms with E-state index in [0.29, 0.717) is 6.04 Å². The Morgan fingerprint density at radius 2 is 2.25 bits per heavy atom.